The van der Waals surface area contributed by atoms with Crippen LogP contribution in [0.3, 0.4) is 0 Å². The van der Waals surface area contributed by atoms with Crippen molar-refractivity contribution in [1.82, 2.24) is 0 Å². The number of carbonyl (C=O) groups excluding carboxylic acids is 1. The summed E-state index contributed by atoms with van der Waals surface area (Å²) in [5.41, 5.74) is 8.34. The second kappa shape index (κ2) is 11.3. The SMILES string of the molecule is C=C(C)C1=CC(Cc2cc([C@H](C)CC(C)=O)ccc2C(CC(C)C)C2CCCCC2)=CC1. The van der Waals surface area contributed by atoms with Crippen LogP contribution in [0.1, 0.15) is 115 Å². The lowest BCUT2D eigenvalue weighted by atomic mass is 9.71. The highest BCUT2D eigenvalue weighted by Gasteiger charge is 2.28. The number of hydrogen-bond acceptors (Lipinski definition) is 1. The summed E-state index contributed by atoms with van der Waals surface area (Å²) in [5, 5.41) is 0. The van der Waals surface area contributed by atoms with Crippen LogP contribution in [0.5, 0.6) is 0 Å². The number of benzene rings is 1. The average Bonchev–Trinajstić information content (AvgIpc) is 3.21. The first-order chi connectivity index (χ1) is 15.2. The summed E-state index contributed by atoms with van der Waals surface area (Å²) in [6.07, 6.45) is 15.6. The molecule has 2 aliphatic carbocycles. The smallest absolute Gasteiger partial charge is 0.130 e. The van der Waals surface area contributed by atoms with Gasteiger partial charge in [-0.25, -0.2) is 0 Å². The molecule has 0 spiro atoms. The fourth-order valence-electron chi connectivity index (χ4n) is 5.84. The second-order valence-corrected chi connectivity index (χ2v) is 11.0. The average molecular weight is 433 g/mol. The van der Waals surface area contributed by atoms with Gasteiger partial charge in [0, 0.05) is 6.42 Å². The molecule has 1 heteroatoms. The molecule has 1 unspecified atom stereocenters. The van der Waals surface area contributed by atoms with Crippen molar-refractivity contribution in [1.29, 1.82) is 0 Å². The van der Waals surface area contributed by atoms with E-state index in [0.29, 0.717) is 18.3 Å². The number of rotatable bonds is 10. The van der Waals surface area contributed by atoms with Gasteiger partial charge in [0.25, 0.3) is 0 Å². The molecule has 1 aromatic rings. The first-order valence-electron chi connectivity index (χ1n) is 12.9. The molecule has 2 atom stereocenters. The fourth-order valence-corrected chi connectivity index (χ4v) is 5.84. The zero-order valence-corrected chi connectivity index (χ0v) is 21.2. The Balaban J connectivity index is 1.98. The largest absolute Gasteiger partial charge is 0.300 e. The van der Waals surface area contributed by atoms with Crippen molar-refractivity contribution in [3.05, 3.63) is 70.3 Å². The van der Waals surface area contributed by atoms with Crippen LogP contribution in [0.2, 0.25) is 0 Å². The maximum Gasteiger partial charge on any atom is 0.130 e. The van der Waals surface area contributed by atoms with E-state index in [2.05, 4.69) is 64.6 Å². The Hall–Kier alpha value is -1.89. The zero-order valence-electron chi connectivity index (χ0n) is 21.2. The van der Waals surface area contributed by atoms with E-state index in [-0.39, 0.29) is 11.7 Å². The molecule has 0 N–H and O–H groups in total. The molecule has 32 heavy (non-hydrogen) atoms. The number of carbonyl (C=O) groups is 1. The highest BCUT2D eigenvalue weighted by Crippen LogP contribution is 2.42. The lowest BCUT2D eigenvalue weighted by Crippen LogP contribution is -2.20. The first-order valence-corrected chi connectivity index (χ1v) is 12.9. The number of ketones is 1. The van der Waals surface area contributed by atoms with Gasteiger partial charge in [-0.05, 0) is 97.5 Å². The summed E-state index contributed by atoms with van der Waals surface area (Å²) in [7, 11) is 0. The van der Waals surface area contributed by atoms with Gasteiger partial charge in [-0.2, -0.15) is 0 Å². The topological polar surface area (TPSA) is 17.1 Å². The Bertz CT molecular complexity index is 876. The Labute approximate surface area is 197 Å². The van der Waals surface area contributed by atoms with Crippen molar-refractivity contribution in [3.8, 4) is 0 Å². The third kappa shape index (κ3) is 6.56. The Morgan fingerprint density at radius 3 is 2.41 bits per heavy atom. The Morgan fingerprint density at radius 2 is 1.81 bits per heavy atom. The van der Waals surface area contributed by atoms with Crippen LogP contribution in [0.4, 0.5) is 0 Å². The van der Waals surface area contributed by atoms with Crippen LogP contribution in [0.15, 0.2) is 53.6 Å². The van der Waals surface area contributed by atoms with Crippen molar-refractivity contribution < 1.29 is 4.79 Å². The molecule has 1 fully saturated rings. The third-order valence-electron chi connectivity index (χ3n) is 7.56. The predicted molar refractivity (Wildman–Crippen MR) is 138 cm³/mol. The number of allylic oxidation sites excluding steroid dienone is 5. The Kier molecular flexibility index (Phi) is 8.74. The molecule has 0 radical (unpaired) electrons. The van der Waals surface area contributed by atoms with Crippen LogP contribution in [0, 0.1) is 11.8 Å². The van der Waals surface area contributed by atoms with E-state index in [1.54, 1.807) is 12.5 Å². The van der Waals surface area contributed by atoms with Crippen LogP contribution >= 0.6 is 0 Å². The first kappa shape index (κ1) is 24.7. The molecule has 0 aromatic heterocycles. The molecule has 0 saturated heterocycles. The normalized spacial score (nSPS) is 18.9. The molecule has 0 heterocycles. The van der Waals surface area contributed by atoms with Crippen LogP contribution in [-0.2, 0) is 11.2 Å². The van der Waals surface area contributed by atoms with Gasteiger partial charge < -0.3 is 4.79 Å². The maximum absolute atomic E-state index is 11.8. The summed E-state index contributed by atoms with van der Waals surface area (Å²) >= 11 is 0. The minimum atomic E-state index is 0.274. The van der Waals surface area contributed by atoms with Crippen LogP contribution in [0.25, 0.3) is 0 Å². The van der Waals surface area contributed by atoms with Gasteiger partial charge in [0.1, 0.15) is 5.78 Å². The van der Waals surface area contributed by atoms with Gasteiger partial charge in [-0.3, -0.25) is 0 Å². The number of Topliss-reactive ketones (excluding diaryl/α,β-unsaturated/α-hetero) is 1. The highest BCUT2D eigenvalue weighted by atomic mass is 16.1. The van der Waals surface area contributed by atoms with E-state index < -0.39 is 0 Å². The van der Waals surface area contributed by atoms with E-state index in [4.69, 9.17) is 0 Å². The van der Waals surface area contributed by atoms with Crippen molar-refractivity contribution in [2.75, 3.05) is 0 Å². The molecular formula is C31H44O. The van der Waals surface area contributed by atoms with Crippen molar-refractivity contribution >= 4 is 5.78 Å². The molecule has 0 bridgehead atoms. The van der Waals surface area contributed by atoms with Crippen molar-refractivity contribution in [2.45, 2.75) is 104 Å². The summed E-state index contributed by atoms with van der Waals surface area (Å²) in [6.45, 7) is 14.9. The van der Waals surface area contributed by atoms with E-state index in [1.165, 1.54) is 66.4 Å². The van der Waals surface area contributed by atoms with Gasteiger partial charge >= 0.3 is 0 Å². The minimum absolute atomic E-state index is 0.274. The third-order valence-corrected chi connectivity index (χ3v) is 7.56. The van der Waals surface area contributed by atoms with E-state index in [9.17, 15) is 4.79 Å². The van der Waals surface area contributed by atoms with E-state index >= 15 is 0 Å². The molecular weight excluding hydrogens is 388 g/mol. The highest BCUT2D eigenvalue weighted by molar-refractivity contribution is 5.76. The van der Waals surface area contributed by atoms with Gasteiger partial charge in [0.2, 0.25) is 0 Å². The quantitative estimate of drug-likeness (QED) is 0.361. The molecule has 3 rings (SSSR count). The van der Waals surface area contributed by atoms with Crippen LogP contribution < -0.4 is 0 Å². The van der Waals surface area contributed by atoms with Gasteiger partial charge in [-0.15, -0.1) is 0 Å². The summed E-state index contributed by atoms with van der Waals surface area (Å²) < 4.78 is 0. The molecule has 0 amide bonds. The molecule has 1 saturated carbocycles. The molecule has 174 valence electrons. The fraction of sp³-hybridized carbons (Fsp3) is 0.581. The monoisotopic (exact) mass is 432 g/mol. The predicted octanol–water partition coefficient (Wildman–Crippen LogP) is 8.85. The summed E-state index contributed by atoms with van der Waals surface area (Å²) in [6, 6.07) is 7.19. The lowest BCUT2D eigenvalue weighted by molar-refractivity contribution is -0.117. The van der Waals surface area contributed by atoms with E-state index in [0.717, 1.165) is 18.8 Å². The van der Waals surface area contributed by atoms with Crippen LogP contribution in [-0.4, -0.2) is 5.78 Å². The molecule has 2 aliphatic rings. The van der Waals surface area contributed by atoms with Gasteiger partial charge in [0.15, 0.2) is 0 Å². The van der Waals surface area contributed by atoms with E-state index in [1.807, 2.05) is 0 Å². The summed E-state index contributed by atoms with van der Waals surface area (Å²) in [4.78, 5) is 11.8. The lowest BCUT2D eigenvalue weighted by Gasteiger charge is -2.33. The molecule has 1 nitrogen and oxygen atoms in total. The maximum atomic E-state index is 11.8. The van der Waals surface area contributed by atoms with Crippen molar-refractivity contribution in [3.63, 3.8) is 0 Å². The van der Waals surface area contributed by atoms with Gasteiger partial charge in [-0.1, -0.05) is 82.5 Å². The molecule has 1 aromatic carbocycles. The second-order valence-electron chi connectivity index (χ2n) is 11.0. The number of hydrogen-bond donors (Lipinski definition) is 0. The zero-order chi connectivity index (χ0) is 23.3. The summed E-state index contributed by atoms with van der Waals surface area (Å²) in [5.74, 6) is 2.71. The minimum Gasteiger partial charge on any atom is -0.300 e. The van der Waals surface area contributed by atoms with Crippen molar-refractivity contribution in [2.24, 2.45) is 11.8 Å². The Morgan fingerprint density at radius 1 is 1.09 bits per heavy atom. The standard InChI is InChI=1S/C31H44O/c1-21(2)16-31(26-10-8-7-9-11-26)30-15-14-28(23(5)17-24(6)32)20-29(30)19-25-12-13-27(18-25)22(3)4/h12,14-15,18,20-21,23,26,31H,3,7-11,13,16-17,19H2,1-2,4-6H3/t23-,31?/m1/s1. The van der Waals surface area contributed by atoms with Gasteiger partial charge in [0.05, 0.1) is 0 Å². The molecule has 0 aliphatic heterocycles.